The van der Waals surface area contributed by atoms with Crippen LogP contribution in [0.5, 0.6) is 0 Å². The van der Waals surface area contributed by atoms with Crippen LogP contribution in [0, 0.1) is 0 Å². The standard InChI is InChI=1S/C10H16N2O6S2/c11-8(13)3-7(10(15)16)12-9(14)4-19-6-1-2-20(17,18)5-6/h6-7H,1-5H2,(H2,11,13)(H,12,14)(H,15,16). The monoisotopic (exact) mass is 324 g/mol. The first-order valence-corrected chi connectivity index (χ1v) is 8.69. The zero-order valence-corrected chi connectivity index (χ0v) is 12.2. The molecule has 0 aliphatic carbocycles. The Hall–Kier alpha value is -1.29. The highest BCUT2D eigenvalue weighted by Crippen LogP contribution is 2.23. The number of nitrogens with one attached hydrogen (secondary N) is 1. The van der Waals surface area contributed by atoms with Crippen LogP contribution in [0.4, 0.5) is 0 Å². The summed E-state index contributed by atoms with van der Waals surface area (Å²) in [5.41, 5.74) is 4.88. The highest BCUT2D eigenvalue weighted by atomic mass is 32.2. The van der Waals surface area contributed by atoms with Gasteiger partial charge in [0.15, 0.2) is 9.84 Å². The number of hydrogen-bond donors (Lipinski definition) is 3. The summed E-state index contributed by atoms with van der Waals surface area (Å²) in [6.45, 7) is 0. The largest absolute Gasteiger partial charge is 0.480 e. The quantitative estimate of drug-likeness (QED) is 0.509. The van der Waals surface area contributed by atoms with Crippen molar-refractivity contribution in [1.82, 2.24) is 5.32 Å². The zero-order chi connectivity index (χ0) is 15.3. The molecule has 0 radical (unpaired) electrons. The van der Waals surface area contributed by atoms with Crippen molar-refractivity contribution in [1.29, 1.82) is 0 Å². The second-order valence-corrected chi connectivity index (χ2v) is 7.98. The average Bonchev–Trinajstić information content (AvgIpc) is 2.65. The van der Waals surface area contributed by atoms with Gasteiger partial charge in [-0.3, -0.25) is 9.59 Å². The molecule has 20 heavy (non-hydrogen) atoms. The van der Waals surface area contributed by atoms with Crippen LogP contribution >= 0.6 is 11.8 Å². The number of sulfone groups is 1. The van der Waals surface area contributed by atoms with E-state index in [1.807, 2.05) is 0 Å². The van der Waals surface area contributed by atoms with Crippen molar-refractivity contribution in [2.24, 2.45) is 5.73 Å². The van der Waals surface area contributed by atoms with Crippen molar-refractivity contribution >= 4 is 39.4 Å². The van der Waals surface area contributed by atoms with Gasteiger partial charge in [-0.25, -0.2) is 13.2 Å². The average molecular weight is 324 g/mol. The molecule has 0 aromatic heterocycles. The molecule has 0 saturated carbocycles. The summed E-state index contributed by atoms with van der Waals surface area (Å²) < 4.78 is 22.5. The van der Waals surface area contributed by atoms with E-state index in [1.54, 1.807) is 0 Å². The maximum atomic E-state index is 11.6. The van der Waals surface area contributed by atoms with E-state index in [0.29, 0.717) is 6.42 Å². The third kappa shape index (κ3) is 5.78. The van der Waals surface area contributed by atoms with Gasteiger partial charge in [0.05, 0.1) is 23.7 Å². The van der Waals surface area contributed by atoms with E-state index >= 15 is 0 Å². The molecule has 0 bridgehead atoms. The van der Waals surface area contributed by atoms with E-state index in [9.17, 15) is 22.8 Å². The van der Waals surface area contributed by atoms with Crippen molar-refractivity contribution in [2.75, 3.05) is 17.3 Å². The van der Waals surface area contributed by atoms with Crippen LogP contribution in [0.1, 0.15) is 12.8 Å². The summed E-state index contributed by atoms with van der Waals surface area (Å²) in [7, 11) is -3.00. The molecule has 0 spiro atoms. The number of thioether (sulfide) groups is 1. The summed E-state index contributed by atoms with van der Waals surface area (Å²) in [5.74, 6) is -2.63. The molecule has 4 N–H and O–H groups in total. The van der Waals surface area contributed by atoms with E-state index in [1.165, 1.54) is 11.8 Å². The molecule has 1 aliphatic heterocycles. The zero-order valence-electron chi connectivity index (χ0n) is 10.6. The molecule has 1 aliphatic rings. The number of carbonyl (C=O) groups excluding carboxylic acids is 2. The van der Waals surface area contributed by atoms with Crippen LogP contribution in [-0.2, 0) is 24.2 Å². The molecule has 8 nitrogen and oxygen atoms in total. The molecular weight excluding hydrogens is 308 g/mol. The van der Waals surface area contributed by atoms with Gasteiger partial charge >= 0.3 is 5.97 Å². The Morgan fingerprint density at radius 3 is 2.50 bits per heavy atom. The fraction of sp³-hybridized carbons (Fsp3) is 0.700. The van der Waals surface area contributed by atoms with Gasteiger partial charge in [-0.2, -0.15) is 0 Å². The minimum Gasteiger partial charge on any atom is -0.480 e. The maximum Gasteiger partial charge on any atom is 0.326 e. The van der Waals surface area contributed by atoms with Crippen LogP contribution in [0.3, 0.4) is 0 Å². The third-order valence-corrected chi connectivity index (χ3v) is 5.96. The normalized spacial score (nSPS) is 22.1. The van der Waals surface area contributed by atoms with Crippen molar-refractivity contribution < 1.29 is 27.9 Å². The minimum atomic E-state index is -3.00. The highest BCUT2D eigenvalue weighted by molar-refractivity contribution is 8.02. The number of nitrogens with two attached hydrogens (primary N) is 1. The lowest BCUT2D eigenvalue weighted by Gasteiger charge is -2.13. The number of amides is 2. The summed E-state index contributed by atoms with van der Waals surface area (Å²) in [5, 5.41) is 10.8. The second-order valence-electron chi connectivity index (χ2n) is 4.46. The smallest absolute Gasteiger partial charge is 0.326 e. The molecule has 2 atom stereocenters. The van der Waals surface area contributed by atoms with Gasteiger partial charge < -0.3 is 16.2 Å². The summed E-state index contributed by atoms with van der Waals surface area (Å²) in [6, 6.07) is -1.35. The molecule has 1 fully saturated rings. The topological polar surface area (TPSA) is 144 Å². The Balaban J connectivity index is 2.39. The Kier molecular flexibility index (Phi) is 5.81. The fourth-order valence-corrected chi connectivity index (χ4v) is 5.18. The highest BCUT2D eigenvalue weighted by Gasteiger charge is 2.29. The molecule has 0 aromatic rings. The molecular formula is C10H16N2O6S2. The first-order chi connectivity index (χ1) is 9.19. The number of aliphatic carboxylic acids is 1. The van der Waals surface area contributed by atoms with Crippen LogP contribution in [0.25, 0.3) is 0 Å². The molecule has 1 heterocycles. The van der Waals surface area contributed by atoms with Gasteiger partial charge in [-0.1, -0.05) is 0 Å². The third-order valence-electron chi connectivity index (χ3n) is 2.68. The lowest BCUT2D eigenvalue weighted by Crippen LogP contribution is -2.44. The van der Waals surface area contributed by atoms with Gasteiger partial charge in [0.1, 0.15) is 6.04 Å². The SMILES string of the molecule is NC(=O)CC(NC(=O)CSC1CCS(=O)(=O)C1)C(=O)O. The molecule has 1 saturated heterocycles. The van der Waals surface area contributed by atoms with Gasteiger partial charge in [-0.05, 0) is 6.42 Å². The summed E-state index contributed by atoms with van der Waals surface area (Å²) >= 11 is 1.17. The lowest BCUT2D eigenvalue weighted by molar-refractivity contribution is -0.143. The van der Waals surface area contributed by atoms with Crippen LogP contribution < -0.4 is 11.1 Å². The number of rotatable bonds is 7. The Labute approximate surface area is 120 Å². The summed E-state index contributed by atoms with van der Waals surface area (Å²) in [4.78, 5) is 33.0. The van der Waals surface area contributed by atoms with E-state index in [4.69, 9.17) is 10.8 Å². The molecule has 1 rings (SSSR count). The van der Waals surface area contributed by atoms with E-state index in [-0.39, 0.29) is 22.5 Å². The number of hydrogen-bond acceptors (Lipinski definition) is 6. The Morgan fingerprint density at radius 2 is 2.05 bits per heavy atom. The van der Waals surface area contributed by atoms with Crippen LogP contribution in [0.15, 0.2) is 0 Å². The molecule has 114 valence electrons. The molecule has 2 unspecified atom stereocenters. The van der Waals surface area contributed by atoms with Gasteiger partial charge in [-0.15, -0.1) is 11.8 Å². The van der Waals surface area contributed by atoms with Crippen molar-refractivity contribution in [3.05, 3.63) is 0 Å². The predicted octanol–water partition coefficient (Wildman–Crippen LogP) is -1.65. The van der Waals surface area contributed by atoms with Gasteiger partial charge in [0.2, 0.25) is 11.8 Å². The Bertz CT molecular complexity index is 504. The second kappa shape index (κ2) is 6.93. The van der Waals surface area contributed by atoms with E-state index < -0.39 is 40.1 Å². The van der Waals surface area contributed by atoms with Gasteiger partial charge in [0, 0.05) is 5.25 Å². The van der Waals surface area contributed by atoms with Gasteiger partial charge in [0.25, 0.3) is 0 Å². The van der Waals surface area contributed by atoms with Crippen LogP contribution in [-0.4, -0.2) is 59.9 Å². The number of carboxylic acid groups (broad SMARTS) is 1. The first-order valence-electron chi connectivity index (χ1n) is 5.82. The van der Waals surface area contributed by atoms with Crippen molar-refractivity contribution in [2.45, 2.75) is 24.1 Å². The number of primary amides is 1. The van der Waals surface area contributed by atoms with E-state index in [0.717, 1.165) is 0 Å². The first kappa shape index (κ1) is 16.8. The number of carboxylic acids is 1. The maximum absolute atomic E-state index is 11.6. The van der Waals surface area contributed by atoms with Crippen LogP contribution in [0.2, 0.25) is 0 Å². The minimum absolute atomic E-state index is 0.0363. The lowest BCUT2D eigenvalue weighted by atomic mass is 10.2. The van der Waals surface area contributed by atoms with Crippen molar-refractivity contribution in [3.63, 3.8) is 0 Å². The molecule has 10 heteroatoms. The predicted molar refractivity (Wildman–Crippen MR) is 72.9 cm³/mol. The fourth-order valence-electron chi connectivity index (χ4n) is 1.72. The molecule has 2 amide bonds. The number of carbonyl (C=O) groups is 3. The summed E-state index contributed by atoms with van der Waals surface area (Å²) in [6.07, 6.45) is 0.00741. The van der Waals surface area contributed by atoms with Crippen molar-refractivity contribution in [3.8, 4) is 0 Å². The molecule has 0 aromatic carbocycles. The Morgan fingerprint density at radius 1 is 1.40 bits per heavy atom. The van der Waals surface area contributed by atoms with E-state index in [2.05, 4.69) is 5.32 Å².